The zero-order valence-corrected chi connectivity index (χ0v) is 12.2. The first-order valence-electron chi connectivity index (χ1n) is 6.11. The van der Waals surface area contributed by atoms with E-state index < -0.39 is 6.09 Å². The van der Waals surface area contributed by atoms with Crippen molar-refractivity contribution in [2.75, 3.05) is 17.7 Å². The molecule has 0 spiro atoms. The van der Waals surface area contributed by atoms with Crippen LogP contribution < -0.4 is 16.0 Å². The monoisotopic (exact) mass is 295 g/mol. The largest absolute Gasteiger partial charge is 0.453 e. The Labute approximate surface area is 122 Å². The number of ether oxygens (including phenoxy) is 1. The number of carbonyl (C=O) groups excluding carboxylic acids is 2. The smallest absolute Gasteiger partial charge is 0.413 e. The van der Waals surface area contributed by atoms with Gasteiger partial charge in [-0.1, -0.05) is 19.1 Å². The average molecular weight is 295 g/mol. The van der Waals surface area contributed by atoms with Crippen LogP contribution in [0.15, 0.2) is 24.3 Å². The van der Waals surface area contributed by atoms with E-state index in [9.17, 15) is 9.59 Å². The summed E-state index contributed by atoms with van der Waals surface area (Å²) < 4.78 is 4.44. The Kier molecular flexibility index (Phi) is 6.45. The number of methoxy groups -OCH3 is 1. The van der Waals surface area contributed by atoms with E-state index in [4.69, 9.17) is 12.2 Å². The van der Waals surface area contributed by atoms with Crippen LogP contribution in [0.4, 0.5) is 16.2 Å². The molecule has 0 fully saturated rings. The molecule has 0 aliphatic heterocycles. The van der Waals surface area contributed by atoms with E-state index in [0.29, 0.717) is 17.8 Å². The molecule has 1 aromatic rings. The summed E-state index contributed by atoms with van der Waals surface area (Å²) in [6.45, 7) is 1.93. The third kappa shape index (κ3) is 5.23. The highest BCUT2D eigenvalue weighted by Gasteiger charge is 2.08. The van der Waals surface area contributed by atoms with Gasteiger partial charge in [0.05, 0.1) is 18.5 Å². The molecule has 3 N–H and O–H groups in total. The van der Waals surface area contributed by atoms with Crippen LogP contribution in [0, 0.1) is 0 Å². The molecule has 0 aliphatic carbocycles. The molecule has 2 amide bonds. The van der Waals surface area contributed by atoms with Gasteiger partial charge in [-0.05, 0) is 30.8 Å². The minimum Gasteiger partial charge on any atom is -0.453 e. The quantitative estimate of drug-likeness (QED) is 0.744. The van der Waals surface area contributed by atoms with Gasteiger partial charge in [-0.25, -0.2) is 4.79 Å². The zero-order chi connectivity index (χ0) is 15.0. The van der Waals surface area contributed by atoms with Crippen molar-refractivity contribution >= 4 is 40.7 Å². The second kappa shape index (κ2) is 8.11. The normalized spacial score (nSPS) is 9.50. The topological polar surface area (TPSA) is 79.5 Å². The number of alkyl carbamates (subject to hydrolysis) is 1. The second-order valence-corrected chi connectivity index (χ2v) is 4.32. The minimum absolute atomic E-state index is 0.0754. The number of thiocarbonyl (C=S) groups is 1. The lowest BCUT2D eigenvalue weighted by Gasteiger charge is -2.13. The SMILES string of the molecule is CCCC(=O)Nc1ccccc1NC(=S)NC(=O)OC. The molecule has 1 rings (SSSR count). The molecule has 1 aromatic carbocycles. The highest BCUT2D eigenvalue weighted by molar-refractivity contribution is 7.80. The van der Waals surface area contributed by atoms with Gasteiger partial charge in [0.25, 0.3) is 0 Å². The van der Waals surface area contributed by atoms with Gasteiger partial charge in [-0.3, -0.25) is 10.1 Å². The fourth-order valence-corrected chi connectivity index (χ4v) is 1.63. The van der Waals surface area contributed by atoms with Crippen LogP contribution >= 0.6 is 12.2 Å². The molecule has 0 heterocycles. The molecule has 0 radical (unpaired) electrons. The van der Waals surface area contributed by atoms with Crippen LogP contribution in [0.5, 0.6) is 0 Å². The Balaban J connectivity index is 2.72. The Hall–Kier alpha value is -2.15. The lowest BCUT2D eigenvalue weighted by molar-refractivity contribution is -0.116. The van der Waals surface area contributed by atoms with Crippen molar-refractivity contribution in [3.05, 3.63) is 24.3 Å². The van der Waals surface area contributed by atoms with E-state index in [1.165, 1.54) is 7.11 Å². The summed E-state index contributed by atoms with van der Waals surface area (Å²) in [6, 6.07) is 7.07. The molecule has 108 valence electrons. The molecule has 7 heteroatoms. The number of benzene rings is 1. The van der Waals surface area contributed by atoms with Crippen LogP contribution in [0.25, 0.3) is 0 Å². The van der Waals surface area contributed by atoms with Crippen LogP contribution in [0.1, 0.15) is 19.8 Å². The molecular formula is C13H17N3O3S. The number of carbonyl (C=O) groups is 2. The van der Waals surface area contributed by atoms with Gasteiger partial charge in [0.15, 0.2) is 5.11 Å². The van der Waals surface area contributed by atoms with E-state index in [0.717, 1.165) is 6.42 Å². The van der Waals surface area contributed by atoms with E-state index in [-0.39, 0.29) is 11.0 Å². The molecule has 0 saturated carbocycles. The summed E-state index contributed by atoms with van der Waals surface area (Å²) in [4.78, 5) is 22.6. The summed E-state index contributed by atoms with van der Waals surface area (Å²) in [5.41, 5.74) is 1.19. The number of amides is 2. The van der Waals surface area contributed by atoms with Crippen molar-refractivity contribution in [3.8, 4) is 0 Å². The van der Waals surface area contributed by atoms with Crippen molar-refractivity contribution in [2.24, 2.45) is 0 Å². The van der Waals surface area contributed by atoms with E-state index in [1.54, 1.807) is 24.3 Å². The molecular weight excluding hydrogens is 278 g/mol. The number of anilines is 2. The zero-order valence-electron chi connectivity index (χ0n) is 11.4. The van der Waals surface area contributed by atoms with Crippen LogP contribution in [-0.4, -0.2) is 24.2 Å². The number of hydrogen-bond donors (Lipinski definition) is 3. The van der Waals surface area contributed by atoms with Crippen LogP contribution in [-0.2, 0) is 9.53 Å². The fourth-order valence-electron chi connectivity index (χ4n) is 1.44. The first kappa shape index (κ1) is 15.9. The number of nitrogens with one attached hydrogen (secondary N) is 3. The summed E-state index contributed by atoms with van der Waals surface area (Å²) in [5.74, 6) is -0.0754. The highest BCUT2D eigenvalue weighted by atomic mass is 32.1. The van der Waals surface area contributed by atoms with Gasteiger partial charge in [0.2, 0.25) is 5.91 Å². The summed E-state index contributed by atoms with van der Waals surface area (Å²) in [7, 11) is 1.25. The molecule has 0 aromatic heterocycles. The van der Waals surface area contributed by atoms with Crippen molar-refractivity contribution in [3.63, 3.8) is 0 Å². The lowest BCUT2D eigenvalue weighted by atomic mass is 10.2. The predicted molar refractivity (Wildman–Crippen MR) is 81.7 cm³/mol. The second-order valence-electron chi connectivity index (χ2n) is 3.91. The van der Waals surface area contributed by atoms with E-state index in [1.807, 2.05) is 6.92 Å². The van der Waals surface area contributed by atoms with Gasteiger partial charge in [-0.15, -0.1) is 0 Å². The Bertz CT molecular complexity index is 505. The molecule has 0 atom stereocenters. The molecule has 0 saturated heterocycles. The molecule has 0 unspecified atom stereocenters. The summed E-state index contributed by atoms with van der Waals surface area (Å²) in [6.07, 6.45) is 0.554. The highest BCUT2D eigenvalue weighted by Crippen LogP contribution is 2.21. The number of rotatable bonds is 4. The number of hydrogen-bond acceptors (Lipinski definition) is 4. The van der Waals surface area contributed by atoms with Gasteiger partial charge < -0.3 is 15.4 Å². The Morgan fingerprint density at radius 2 is 1.80 bits per heavy atom. The first-order valence-corrected chi connectivity index (χ1v) is 6.52. The standard InChI is InChI=1S/C13H17N3O3S/c1-3-6-11(17)14-9-7-4-5-8-10(9)15-12(20)16-13(18)19-2/h4-5,7-8H,3,6H2,1-2H3,(H,14,17)(H2,15,16,18,20). The van der Waals surface area contributed by atoms with Crippen molar-refractivity contribution < 1.29 is 14.3 Å². The maximum absolute atomic E-state index is 11.6. The molecule has 0 aliphatic rings. The van der Waals surface area contributed by atoms with Gasteiger partial charge in [0, 0.05) is 6.42 Å². The number of para-hydroxylation sites is 2. The predicted octanol–water partition coefficient (Wildman–Crippen LogP) is 2.48. The van der Waals surface area contributed by atoms with Gasteiger partial charge in [-0.2, -0.15) is 0 Å². The van der Waals surface area contributed by atoms with E-state index >= 15 is 0 Å². The maximum atomic E-state index is 11.6. The third-order valence-corrected chi connectivity index (χ3v) is 2.53. The molecule has 0 bridgehead atoms. The molecule has 20 heavy (non-hydrogen) atoms. The van der Waals surface area contributed by atoms with Crippen molar-refractivity contribution in [2.45, 2.75) is 19.8 Å². The Morgan fingerprint density at radius 3 is 2.35 bits per heavy atom. The van der Waals surface area contributed by atoms with Gasteiger partial charge >= 0.3 is 6.09 Å². The van der Waals surface area contributed by atoms with E-state index in [2.05, 4.69) is 20.7 Å². The third-order valence-electron chi connectivity index (χ3n) is 2.33. The molecule has 6 nitrogen and oxygen atoms in total. The average Bonchev–Trinajstić information content (AvgIpc) is 2.41. The van der Waals surface area contributed by atoms with Crippen molar-refractivity contribution in [1.82, 2.24) is 5.32 Å². The maximum Gasteiger partial charge on any atom is 0.413 e. The van der Waals surface area contributed by atoms with Gasteiger partial charge in [0.1, 0.15) is 0 Å². The Morgan fingerprint density at radius 1 is 1.20 bits per heavy atom. The van der Waals surface area contributed by atoms with Crippen LogP contribution in [0.2, 0.25) is 0 Å². The lowest BCUT2D eigenvalue weighted by Crippen LogP contribution is -2.34. The van der Waals surface area contributed by atoms with Crippen LogP contribution in [0.3, 0.4) is 0 Å². The summed E-state index contributed by atoms with van der Waals surface area (Å²) >= 11 is 4.97. The summed E-state index contributed by atoms with van der Waals surface area (Å²) in [5, 5.41) is 8.03. The van der Waals surface area contributed by atoms with Crippen molar-refractivity contribution in [1.29, 1.82) is 0 Å². The fraction of sp³-hybridized carbons (Fsp3) is 0.308. The minimum atomic E-state index is -0.657. The first-order chi connectivity index (χ1) is 9.56.